The number of hydrogen-bond donors (Lipinski definition) is 3. The molecule has 0 aliphatic carbocycles. The van der Waals surface area contributed by atoms with Crippen molar-refractivity contribution in [3.63, 3.8) is 0 Å². The van der Waals surface area contributed by atoms with Gasteiger partial charge in [0.05, 0.1) is 22.9 Å². The summed E-state index contributed by atoms with van der Waals surface area (Å²) >= 11 is 11.9. The number of benzene rings is 2. The number of carbonyl (C=O) groups excluding carboxylic acids is 1. The molecule has 1 amide bonds. The predicted molar refractivity (Wildman–Crippen MR) is 125 cm³/mol. The van der Waals surface area contributed by atoms with Gasteiger partial charge in [-0.2, -0.15) is 0 Å². The van der Waals surface area contributed by atoms with E-state index in [4.69, 9.17) is 28.9 Å². The van der Waals surface area contributed by atoms with E-state index < -0.39 is 11.9 Å². The van der Waals surface area contributed by atoms with Gasteiger partial charge in [-0.25, -0.2) is 0 Å². The van der Waals surface area contributed by atoms with Gasteiger partial charge in [0.2, 0.25) is 5.91 Å². The first-order valence-corrected chi connectivity index (χ1v) is 10.5. The van der Waals surface area contributed by atoms with Crippen molar-refractivity contribution in [2.75, 3.05) is 6.54 Å². The zero-order valence-electron chi connectivity index (χ0n) is 17.4. The first-order chi connectivity index (χ1) is 14.6. The molecule has 1 heterocycles. The second-order valence-electron chi connectivity index (χ2n) is 7.61. The van der Waals surface area contributed by atoms with Crippen LogP contribution in [0, 0.1) is 19.8 Å². The Balaban J connectivity index is 2.04. The van der Waals surface area contributed by atoms with E-state index in [1.807, 2.05) is 42.7 Å². The van der Waals surface area contributed by atoms with Crippen molar-refractivity contribution in [1.82, 2.24) is 9.88 Å². The number of nitrogens with zero attached hydrogens (tertiary/aromatic N) is 1. The van der Waals surface area contributed by atoms with E-state index in [-0.39, 0.29) is 29.6 Å². The van der Waals surface area contributed by atoms with Gasteiger partial charge in [-0.1, -0.05) is 60.6 Å². The number of thiocarbonyl (C=S) groups is 1. The van der Waals surface area contributed by atoms with Crippen LogP contribution in [0.5, 0.6) is 5.75 Å². The van der Waals surface area contributed by atoms with Gasteiger partial charge in [0.1, 0.15) is 10.7 Å². The molecular weight excluding hydrogens is 436 g/mol. The molecule has 0 aliphatic rings. The van der Waals surface area contributed by atoms with E-state index in [0.717, 1.165) is 16.8 Å². The van der Waals surface area contributed by atoms with Gasteiger partial charge >= 0.3 is 5.97 Å². The molecule has 31 heavy (non-hydrogen) atoms. The molecule has 8 heteroatoms. The van der Waals surface area contributed by atoms with Crippen molar-refractivity contribution in [3.05, 3.63) is 63.8 Å². The lowest BCUT2D eigenvalue weighted by molar-refractivity contribution is -0.141. The Hall–Kier alpha value is -2.90. The number of fused-ring (bicyclic) bond motifs is 1. The normalized spacial score (nSPS) is 12.0. The molecule has 1 unspecified atom stereocenters. The first kappa shape index (κ1) is 22.8. The number of halogens is 1. The lowest BCUT2D eigenvalue weighted by Gasteiger charge is -2.12. The molecule has 0 radical (unpaired) electrons. The fraction of sp³-hybridized carbons (Fsp3) is 0.261. The quantitative estimate of drug-likeness (QED) is 0.481. The number of nitrogens with one attached hydrogen (secondary N) is 1. The molecule has 2 aromatic carbocycles. The van der Waals surface area contributed by atoms with Gasteiger partial charge in [0.25, 0.3) is 0 Å². The molecule has 0 spiro atoms. The number of hydrogen-bond acceptors (Lipinski definition) is 4. The van der Waals surface area contributed by atoms with Crippen molar-refractivity contribution in [2.45, 2.75) is 27.2 Å². The Bertz CT molecular complexity index is 1180. The van der Waals surface area contributed by atoms with Crippen molar-refractivity contribution in [1.29, 1.82) is 0 Å². The number of phenolic OH excluding ortho intramolecular Hbond substituents is 1. The van der Waals surface area contributed by atoms with Gasteiger partial charge in [-0.3, -0.25) is 9.59 Å². The maximum atomic E-state index is 12.5. The smallest absolute Gasteiger partial charge is 0.308 e. The average molecular weight is 459 g/mol. The molecule has 0 fully saturated rings. The third-order valence-corrected chi connectivity index (χ3v) is 5.99. The highest BCUT2D eigenvalue weighted by Crippen LogP contribution is 2.35. The van der Waals surface area contributed by atoms with Crippen LogP contribution in [0.15, 0.2) is 36.4 Å². The van der Waals surface area contributed by atoms with Gasteiger partial charge < -0.3 is 20.1 Å². The number of aromatic hydroxyl groups is 1. The topological polar surface area (TPSA) is 91.6 Å². The molecule has 1 atom stereocenters. The number of aromatic nitrogens is 1. The van der Waals surface area contributed by atoms with Crippen LogP contribution in [0.2, 0.25) is 5.02 Å². The highest BCUT2D eigenvalue weighted by atomic mass is 35.5. The summed E-state index contributed by atoms with van der Waals surface area (Å²) in [5.74, 6) is -2.07. The summed E-state index contributed by atoms with van der Waals surface area (Å²) in [5.41, 5.74) is 4.09. The molecular formula is C23H23ClN2O4S. The van der Waals surface area contributed by atoms with Crippen molar-refractivity contribution >= 4 is 51.6 Å². The summed E-state index contributed by atoms with van der Waals surface area (Å²) in [6, 6.07) is 11.0. The van der Waals surface area contributed by atoms with Crippen molar-refractivity contribution < 1.29 is 19.8 Å². The number of aryl methyl sites for hydroxylation is 1. The average Bonchev–Trinajstić information content (AvgIpc) is 2.97. The van der Waals surface area contributed by atoms with Crippen molar-refractivity contribution in [2.24, 2.45) is 5.92 Å². The lowest BCUT2D eigenvalue weighted by atomic mass is 10.1. The summed E-state index contributed by atoms with van der Waals surface area (Å²) in [5, 5.41) is 22.7. The Morgan fingerprint density at radius 3 is 2.45 bits per heavy atom. The minimum absolute atomic E-state index is 0.0132. The molecule has 3 aromatic rings. The zero-order chi connectivity index (χ0) is 22.9. The summed E-state index contributed by atoms with van der Waals surface area (Å²) in [6.45, 7) is 5.41. The molecule has 3 N–H and O–H groups in total. The van der Waals surface area contributed by atoms with Gasteiger partial charge in [0, 0.05) is 23.2 Å². The zero-order valence-corrected chi connectivity index (χ0v) is 19.0. The highest BCUT2D eigenvalue weighted by Gasteiger charge is 2.22. The highest BCUT2D eigenvalue weighted by molar-refractivity contribution is 7.80. The summed E-state index contributed by atoms with van der Waals surface area (Å²) in [6.07, 6.45) is 0.0132. The summed E-state index contributed by atoms with van der Waals surface area (Å²) in [4.78, 5) is 24.1. The fourth-order valence-corrected chi connectivity index (χ4v) is 3.91. The van der Waals surface area contributed by atoms with E-state index in [2.05, 4.69) is 5.32 Å². The van der Waals surface area contributed by atoms with E-state index in [9.17, 15) is 14.7 Å². The second-order valence-corrected chi connectivity index (χ2v) is 8.41. The molecule has 162 valence electrons. The molecule has 0 bridgehead atoms. The van der Waals surface area contributed by atoms with E-state index in [0.29, 0.717) is 21.5 Å². The molecule has 0 saturated heterocycles. The first-order valence-electron chi connectivity index (χ1n) is 9.73. The van der Waals surface area contributed by atoms with E-state index in [1.165, 1.54) is 13.0 Å². The molecule has 0 saturated carbocycles. The van der Waals surface area contributed by atoms with Crippen LogP contribution < -0.4 is 5.32 Å². The number of aliphatic carboxylic acids is 1. The van der Waals surface area contributed by atoms with E-state index in [1.54, 1.807) is 6.07 Å². The molecule has 1 aromatic heterocycles. The number of amides is 1. The number of carbonyl (C=O) groups is 2. The van der Waals surface area contributed by atoms with E-state index >= 15 is 0 Å². The Morgan fingerprint density at radius 1 is 1.19 bits per heavy atom. The second kappa shape index (κ2) is 9.08. The molecule has 3 rings (SSSR count). The largest absolute Gasteiger partial charge is 0.506 e. The lowest BCUT2D eigenvalue weighted by Crippen LogP contribution is -2.32. The number of phenols is 1. The van der Waals surface area contributed by atoms with Crippen LogP contribution in [-0.2, 0) is 16.0 Å². The summed E-state index contributed by atoms with van der Waals surface area (Å²) in [7, 11) is 0. The third-order valence-electron chi connectivity index (χ3n) is 5.27. The maximum absolute atomic E-state index is 12.5. The van der Waals surface area contributed by atoms with Crippen LogP contribution in [0.1, 0.15) is 29.3 Å². The van der Waals surface area contributed by atoms with Gasteiger partial charge in [-0.05, 0) is 31.5 Å². The minimum Gasteiger partial charge on any atom is -0.506 e. The number of rotatable bonds is 6. The Kier molecular flexibility index (Phi) is 6.67. The third kappa shape index (κ3) is 4.73. The molecule has 0 aliphatic heterocycles. The Labute approximate surface area is 190 Å². The summed E-state index contributed by atoms with van der Waals surface area (Å²) < 4.78 is 1.85. The van der Waals surface area contributed by atoms with Crippen LogP contribution in [0.3, 0.4) is 0 Å². The van der Waals surface area contributed by atoms with Gasteiger partial charge in [0.15, 0.2) is 0 Å². The van der Waals surface area contributed by atoms with Crippen LogP contribution in [0.4, 0.5) is 0 Å². The number of carboxylic acids is 1. The predicted octanol–water partition coefficient (Wildman–Crippen LogP) is 4.22. The fourth-order valence-electron chi connectivity index (χ4n) is 3.38. The van der Waals surface area contributed by atoms with Gasteiger partial charge in [-0.15, -0.1) is 0 Å². The monoisotopic (exact) mass is 458 g/mol. The standard InChI is InChI=1S/C23H23ClN2O4S/c1-12-4-6-15(7-5-12)22(31)26-14(3)16(9-21(28)25-11-13(2)23(29)30)17-8-20(27)18(24)10-19(17)26/h4-8,10,13,27H,9,11H2,1-3H3,(H,25,28)(H,29,30). The Morgan fingerprint density at radius 2 is 1.84 bits per heavy atom. The SMILES string of the molecule is Cc1ccc(C(=S)n2c(C)c(CC(=O)NCC(C)C(=O)O)c3cc(O)c(Cl)cc32)cc1. The van der Waals surface area contributed by atoms with Crippen LogP contribution in [0.25, 0.3) is 10.9 Å². The van der Waals surface area contributed by atoms with Crippen molar-refractivity contribution in [3.8, 4) is 5.75 Å². The van der Waals surface area contributed by atoms with Crippen LogP contribution in [-0.4, -0.2) is 38.2 Å². The van der Waals surface area contributed by atoms with Crippen LogP contribution >= 0.6 is 23.8 Å². The maximum Gasteiger partial charge on any atom is 0.308 e. The number of carboxylic acid groups (broad SMARTS) is 1. The molecule has 6 nitrogen and oxygen atoms in total. The minimum atomic E-state index is -0.976.